The SMILES string of the molecule is COc1ccc(OC)c(CN(CC(=O)N(C)Cc2ccc(Cl)c(Cl)c2)C2CC2)c1. The van der Waals surface area contributed by atoms with Gasteiger partial charge in [0.2, 0.25) is 5.91 Å². The quantitative estimate of drug-likeness (QED) is 0.574. The summed E-state index contributed by atoms with van der Waals surface area (Å²) in [5.41, 5.74) is 1.96. The van der Waals surface area contributed by atoms with Crippen molar-refractivity contribution in [3.8, 4) is 11.5 Å². The number of carbonyl (C=O) groups excluding carboxylic acids is 1. The molecular formula is C22H26Cl2N2O3. The van der Waals surface area contributed by atoms with Gasteiger partial charge in [0.05, 0.1) is 30.8 Å². The molecule has 1 aliphatic rings. The lowest BCUT2D eigenvalue weighted by molar-refractivity contribution is -0.132. The molecule has 0 spiro atoms. The van der Waals surface area contributed by atoms with Gasteiger partial charge < -0.3 is 14.4 Å². The van der Waals surface area contributed by atoms with Crippen LogP contribution < -0.4 is 9.47 Å². The molecule has 0 bridgehead atoms. The van der Waals surface area contributed by atoms with Crippen molar-refractivity contribution in [3.63, 3.8) is 0 Å². The molecule has 1 fully saturated rings. The van der Waals surface area contributed by atoms with Gasteiger partial charge in [0.1, 0.15) is 11.5 Å². The second-order valence-electron chi connectivity index (χ2n) is 7.31. The Kier molecular flexibility index (Phi) is 7.28. The van der Waals surface area contributed by atoms with Gasteiger partial charge in [0.25, 0.3) is 0 Å². The van der Waals surface area contributed by atoms with E-state index in [-0.39, 0.29) is 5.91 Å². The van der Waals surface area contributed by atoms with Gasteiger partial charge >= 0.3 is 0 Å². The molecule has 7 heteroatoms. The maximum absolute atomic E-state index is 12.9. The molecule has 3 rings (SSSR count). The summed E-state index contributed by atoms with van der Waals surface area (Å²) in [5, 5.41) is 1.01. The molecule has 1 saturated carbocycles. The number of rotatable bonds is 9. The van der Waals surface area contributed by atoms with Gasteiger partial charge in [-0.15, -0.1) is 0 Å². The Morgan fingerprint density at radius 3 is 2.41 bits per heavy atom. The molecule has 156 valence electrons. The van der Waals surface area contributed by atoms with Crippen LogP contribution in [0, 0.1) is 0 Å². The van der Waals surface area contributed by atoms with Gasteiger partial charge in [-0.2, -0.15) is 0 Å². The fourth-order valence-corrected chi connectivity index (χ4v) is 3.59. The molecule has 0 aromatic heterocycles. The first-order valence-electron chi connectivity index (χ1n) is 9.54. The number of ether oxygens (including phenoxy) is 2. The van der Waals surface area contributed by atoms with Crippen LogP contribution in [-0.2, 0) is 17.9 Å². The van der Waals surface area contributed by atoms with E-state index in [2.05, 4.69) is 4.90 Å². The predicted molar refractivity (Wildman–Crippen MR) is 116 cm³/mol. The molecule has 5 nitrogen and oxygen atoms in total. The monoisotopic (exact) mass is 436 g/mol. The maximum Gasteiger partial charge on any atom is 0.236 e. The van der Waals surface area contributed by atoms with E-state index in [1.54, 1.807) is 31.3 Å². The molecule has 0 N–H and O–H groups in total. The summed E-state index contributed by atoms with van der Waals surface area (Å²) in [6, 6.07) is 11.6. The van der Waals surface area contributed by atoms with Crippen LogP contribution in [0.15, 0.2) is 36.4 Å². The number of halogens is 2. The Balaban J connectivity index is 1.67. The molecule has 1 amide bonds. The predicted octanol–water partition coefficient (Wildman–Crippen LogP) is 4.63. The molecule has 1 aliphatic carbocycles. The third-order valence-electron chi connectivity index (χ3n) is 5.09. The van der Waals surface area contributed by atoms with Gasteiger partial charge in [-0.25, -0.2) is 0 Å². The van der Waals surface area contributed by atoms with E-state index in [4.69, 9.17) is 32.7 Å². The Morgan fingerprint density at radius 1 is 1.03 bits per heavy atom. The number of nitrogens with zero attached hydrogens (tertiary/aromatic N) is 2. The van der Waals surface area contributed by atoms with E-state index in [9.17, 15) is 4.79 Å². The zero-order valence-corrected chi connectivity index (χ0v) is 18.5. The fraction of sp³-hybridized carbons (Fsp3) is 0.409. The highest BCUT2D eigenvalue weighted by Crippen LogP contribution is 2.32. The molecule has 29 heavy (non-hydrogen) atoms. The largest absolute Gasteiger partial charge is 0.497 e. The van der Waals surface area contributed by atoms with Crippen molar-refractivity contribution < 1.29 is 14.3 Å². The second-order valence-corrected chi connectivity index (χ2v) is 8.13. The number of hydrogen-bond donors (Lipinski definition) is 0. The first kappa shape index (κ1) is 21.8. The van der Waals surface area contributed by atoms with Gasteiger partial charge in [-0.1, -0.05) is 29.3 Å². The van der Waals surface area contributed by atoms with E-state index in [1.165, 1.54) is 0 Å². The van der Waals surface area contributed by atoms with E-state index in [1.807, 2.05) is 31.3 Å². The van der Waals surface area contributed by atoms with Crippen molar-refractivity contribution in [2.75, 3.05) is 27.8 Å². The summed E-state index contributed by atoms with van der Waals surface area (Å²) in [6.45, 7) is 1.47. The number of amides is 1. The van der Waals surface area contributed by atoms with Gasteiger partial charge in [-0.05, 0) is 48.7 Å². The van der Waals surface area contributed by atoms with E-state index >= 15 is 0 Å². The molecule has 2 aromatic rings. The number of benzene rings is 2. The number of carbonyl (C=O) groups is 1. The Bertz CT molecular complexity index is 871. The normalized spacial score (nSPS) is 13.4. The smallest absolute Gasteiger partial charge is 0.236 e. The van der Waals surface area contributed by atoms with Crippen molar-refractivity contribution in [2.24, 2.45) is 0 Å². The van der Waals surface area contributed by atoms with Crippen molar-refractivity contribution >= 4 is 29.1 Å². The zero-order chi connectivity index (χ0) is 21.0. The first-order chi connectivity index (χ1) is 13.9. The Morgan fingerprint density at radius 2 is 1.79 bits per heavy atom. The van der Waals surface area contributed by atoms with Gasteiger partial charge in [0, 0.05) is 31.7 Å². The molecule has 0 atom stereocenters. The second kappa shape index (κ2) is 9.70. The zero-order valence-electron chi connectivity index (χ0n) is 17.0. The molecular weight excluding hydrogens is 411 g/mol. The van der Waals surface area contributed by atoms with Crippen LogP contribution in [0.4, 0.5) is 0 Å². The summed E-state index contributed by atoms with van der Waals surface area (Å²) in [5.74, 6) is 1.64. The highest BCUT2D eigenvalue weighted by atomic mass is 35.5. The minimum atomic E-state index is 0.0600. The number of hydrogen-bond acceptors (Lipinski definition) is 4. The summed E-state index contributed by atoms with van der Waals surface area (Å²) >= 11 is 12.1. The van der Waals surface area contributed by atoms with Crippen LogP contribution in [0.5, 0.6) is 11.5 Å². The van der Waals surface area contributed by atoms with Gasteiger partial charge in [0.15, 0.2) is 0 Å². The molecule has 0 aliphatic heterocycles. The summed E-state index contributed by atoms with van der Waals surface area (Å²) in [6.07, 6.45) is 2.21. The minimum Gasteiger partial charge on any atom is -0.497 e. The van der Waals surface area contributed by atoms with E-state index in [0.29, 0.717) is 35.7 Å². The highest BCUT2D eigenvalue weighted by molar-refractivity contribution is 6.42. The molecule has 0 unspecified atom stereocenters. The van der Waals surface area contributed by atoms with Crippen LogP contribution in [0.3, 0.4) is 0 Å². The Hall–Kier alpha value is -1.95. The van der Waals surface area contributed by atoms with Crippen LogP contribution in [0.25, 0.3) is 0 Å². The van der Waals surface area contributed by atoms with Crippen LogP contribution in [-0.4, -0.2) is 49.6 Å². The van der Waals surface area contributed by atoms with Crippen LogP contribution >= 0.6 is 23.2 Å². The lowest BCUT2D eigenvalue weighted by Gasteiger charge is -2.26. The summed E-state index contributed by atoms with van der Waals surface area (Å²) < 4.78 is 10.8. The van der Waals surface area contributed by atoms with Crippen LogP contribution in [0.2, 0.25) is 10.0 Å². The third kappa shape index (κ3) is 5.78. The first-order valence-corrected chi connectivity index (χ1v) is 10.3. The molecule has 2 aromatic carbocycles. The summed E-state index contributed by atoms with van der Waals surface area (Å²) in [4.78, 5) is 16.8. The standard InChI is InChI=1S/C22H26Cl2N2O3/c1-25(12-15-4-8-19(23)20(24)10-15)22(27)14-26(17-5-6-17)13-16-11-18(28-2)7-9-21(16)29-3/h4,7-11,17H,5-6,12-14H2,1-3H3. The lowest BCUT2D eigenvalue weighted by atomic mass is 10.1. The average molecular weight is 437 g/mol. The molecule has 0 heterocycles. The van der Waals surface area contributed by atoms with Crippen molar-refractivity contribution in [1.82, 2.24) is 9.80 Å². The van der Waals surface area contributed by atoms with Crippen molar-refractivity contribution in [1.29, 1.82) is 0 Å². The maximum atomic E-state index is 12.9. The van der Waals surface area contributed by atoms with Crippen LogP contribution in [0.1, 0.15) is 24.0 Å². The average Bonchev–Trinajstić information content (AvgIpc) is 3.55. The third-order valence-corrected chi connectivity index (χ3v) is 5.83. The lowest BCUT2D eigenvalue weighted by Crippen LogP contribution is -2.39. The van der Waals surface area contributed by atoms with E-state index in [0.717, 1.165) is 35.5 Å². The molecule has 0 radical (unpaired) electrons. The molecule has 0 saturated heterocycles. The number of methoxy groups -OCH3 is 2. The highest BCUT2D eigenvalue weighted by Gasteiger charge is 2.31. The number of likely N-dealkylation sites (N-methyl/N-ethyl adjacent to an activating group) is 1. The minimum absolute atomic E-state index is 0.0600. The van der Waals surface area contributed by atoms with Gasteiger partial charge in [-0.3, -0.25) is 9.69 Å². The van der Waals surface area contributed by atoms with Crippen molar-refractivity contribution in [2.45, 2.75) is 32.0 Å². The van der Waals surface area contributed by atoms with Crippen molar-refractivity contribution in [3.05, 3.63) is 57.6 Å². The topological polar surface area (TPSA) is 42.0 Å². The van der Waals surface area contributed by atoms with E-state index < -0.39 is 0 Å². The Labute approximate surface area is 182 Å². The summed E-state index contributed by atoms with van der Waals surface area (Å²) in [7, 11) is 5.11. The fourth-order valence-electron chi connectivity index (χ4n) is 3.27.